The minimum Gasteiger partial charge on any atom is -0.506 e. The maximum Gasteiger partial charge on any atom is 0.143 e. The molecule has 0 aliphatic heterocycles. The fourth-order valence-electron chi connectivity index (χ4n) is 1.34. The van der Waals surface area contributed by atoms with Gasteiger partial charge in [-0.15, -0.1) is 0 Å². The van der Waals surface area contributed by atoms with Crippen molar-refractivity contribution in [3.8, 4) is 17.0 Å². The maximum absolute atomic E-state index is 9.73. The lowest BCUT2D eigenvalue weighted by Crippen LogP contribution is -1.96. The fraction of sp³-hybridized carbons (Fsp3) is 0.100. The summed E-state index contributed by atoms with van der Waals surface area (Å²) in [6.07, 6.45) is 0. The Morgan fingerprint density at radius 2 is 2.20 bits per heavy atom. The Bertz CT molecular complexity index is 488. The third-order valence-corrected chi connectivity index (χ3v) is 2.48. The number of para-hydroxylation sites is 1. The monoisotopic (exact) mass is 223 g/mol. The second-order valence-corrected chi connectivity index (χ2v) is 3.62. The lowest BCUT2D eigenvalue weighted by molar-refractivity contribution is 0.477. The topological polar surface area (TPSA) is 64.1 Å². The molecule has 0 aliphatic carbocycles. The molecule has 0 spiro atoms. The highest BCUT2D eigenvalue weighted by molar-refractivity contribution is 6.32. The summed E-state index contributed by atoms with van der Waals surface area (Å²) in [6.45, 7) is 0. The van der Waals surface area contributed by atoms with Gasteiger partial charge in [-0.1, -0.05) is 17.7 Å². The van der Waals surface area contributed by atoms with Crippen molar-refractivity contribution in [3.63, 3.8) is 0 Å². The van der Waals surface area contributed by atoms with Crippen molar-refractivity contribution in [2.75, 3.05) is 5.73 Å². The van der Waals surface area contributed by atoms with Gasteiger partial charge in [0.2, 0.25) is 0 Å². The second kappa shape index (κ2) is 3.47. The van der Waals surface area contributed by atoms with Crippen LogP contribution in [0, 0.1) is 0 Å². The van der Waals surface area contributed by atoms with Gasteiger partial charge in [0.1, 0.15) is 11.6 Å². The van der Waals surface area contributed by atoms with Crippen molar-refractivity contribution >= 4 is 17.4 Å². The Hall–Kier alpha value is -1.68. The maximum atomic E-state index is 9.73. The minimum atomic E-state index is 0.0252. The van der Waals surface area contributed by atoms with E-state index in [9.17, 15) is 5.11 Å². The molecule has 78 valence electrons. The fourth-order valence-corrected chi connectivity index (χ4v) is 1.51. The van der Waals surface area contributed by atoms with Crippen LogP contribution in [0.2, 0.25) is 5.02 Å². The van der Waals surface area contributed by atoms with E-state index in [4.69, 9.17) is 17.3 Å². The van der Waals surface area contributed by atoms with Crippen molar-refractivity contribution < 1.29 is 5.11 Å². The molecule has 5 heteroatoms. The summed E-state index contributed by atoms with van der Waals surface area (Å²) in [4.78, 5) is 0. The van der Waals surface area contributed by atoms with Crippen molar-refractivity contribution in [2.45, 2.75) is 0 Å². The summed E-state index contributed by atoms with van der Waals surface area (Å²) >= 11 is 5.79. The number of rotatable bonds is 1. The molecule has 0 saturated heterocycles. The number of hydrogen-bond acceptors (Lipinski definition) is 3. The Kier molecular flexibility index (Phi) is 2.28. The predicted molar refractivity (Wildman–Crippen MR) is 59.7 cm³/mol. The zero-order valence-corrected chi connectivity index (χ0v) is 8.86. The first-order valence-electron chi connectivity index (χ1n) is 4.37. The van der Waals surface area contributed by atoms with Crippen molar-refractivity contribution in [3.05, 3.63) is 29.3 Å². The van der Waals surface area contributed by atoms with Gasteiger partial charge in [0.15, 0.2) is 0 Å². The number of hydrogen-bond donors (Lipinski definition) is 2. The molecule has 2 rings (SSSR count). The van der Waals surface area contributed by atoms with Crippen LogP contribution in [0.3, 0.4) is 0 Å². The first-order valence-corrected chi connectivity index (χ1v) is 4.75. The molecular weight excluding hydrogens is 214 g/mol. The smallest absolute Gasteiger partial charge is 0.143 e. The SMILES string of the molecule is Cn1nc(-c2cccc(Cl)c2O)cc1N. The van der Waals surface area contributed by atoms with Gasteiger partial charge in [0, 0.05) is 18.7 Å². The van der Waals surface area contributed by atoms with Gasteiger partial charge in [-0.05, 0) is 12.1 Å². The normalized spacial score (nSPS) is 10.5. The number of aryl methyl sites for hydroxylation is 1. The molecule has 0 amide bonds. The molecule has 0 saturated carbocycles. The zero-order chi connectivity index (χ0) is 11.0. The Balaban J connectivity index is 2.59. The molecule has 1 heterocycles. The molecule has 0 atom stereocenters. The Morgan fingerprint density at radius 1 is 1.47 bits per heavy atom. The number of nitrogens with two attached hydrogens (primary N) is 1. The minimum absolute atomic E-state index is 0.0252. The van der Waals surface area contributed by atoms with Gasteiger partial charge in [0.05, 0.1) is 10.7 Å². The third-order valence-electron chi connectivity index (χ3n) is 2.18. The number of phenols is 1. The first kappa shape index (κ1) is 9.86. The quantitative estimate of drug-likeness (QED) is 0.778. The number of nitrogens with zero attached hydrogens (tertiary/aromatic N) is 2. The molecule has 2 aromatic rings. The number of aromatic nitrogens is 2. The molecule has 0 unspecified atom stereocenters. The van der Waals surface area contributed by atoms with E-state index < -0.39 is 0 Å². The van der Waals surface area contributed by atoms with Gasteiger partial charge >= 0.3 is 0 Å². The molecule has 0 fully saturated rings. The van der Waals surface area contributed by atoms with Crippen LogP contribution in [0.4, 0.5) is 5.82 Å². The number of anilines is 1. The van der Waals surface area contributed by atoms with E-state index in [0.717, 1.165) is 0 Å². The highest BCUT2D eigenvalue weighted by Crippen LogP contribution is 2.34. The van der Waals surface area contributed by atoms with Crippen LogP contribution in [0.5, 0.6) is 5.75 Å². The molecule has 1 aromatic heterocycles. The van der Waals surface area contributed by atoms with Crippen LogP contribution in [-0.2, 0) is 7.05 Å². The summed E-state index contributed by atoms with van der Waals surface area (Å²) < 4.78 is 1.54. The van der Waals surface area contributed by atoms with Gasteiger partial charge in [-0.2, -0.15) is 5.10 Å². The summed E-state index contributed by atoms with van der Waals surface area (Å²) in [5, 5.41) is 14.2. The predicted octanol–water partition coefficient (Wildman–Crippen LogP) is 2.03. The summed E-state index contributed by atoms with van der Waals surface area (Å²) in [5.74, 6) is 0.557. The average Bonchev–Trinajstić information content (AvgIpc) is 2.51. The molecule has 0 radical (unpaired) electrons. The van der Waals surface area contributed by atoms with Gasteiger partial charge in [-0.3, -0.25) is 4.68 Å². The molecular formula is C10H10ClN3O. The number of phenolic OH excluding ortho intramolecular Hbond substituents is 1. The lowest BCUT2D eigenvalue weighted by Gasteiger charge is -2.01. The van der Waals surface area contributed by atoms with Crippen LogP contribution in [0.1, 0.15) is 0 Å². The molecule has 1 aromatic carbocycles. The largest absolute Gasteiger partial charge is 0.506 e. The van der Waals surface area contributed by atoms with Gasteiger partial charge in [0.25, 0.3) is 0 Å². The van der Waals surface area contributed by atoms with E-state index in [2.05, 4.69) is 5.10 Å². The van der Waals surface area contributed by atoms with Crippen molar-refractivity contribution in [1.82, 2.24) is 9.78 Å². The highest BCUT2D eigenvalue weighted by atomic mass is 35.5. The number of benzene rings is 1. The average molecular weight is 224 g/mol. The molecule has 3 N–H and O–H groups in total. The van der Waals surface area contributed by atoms with E-state index in [0.29, 0.717) is 22.1 Å². The van der Waals surface area contributed by atoms with Crippen LogP contribution in [0.15, 0.2) is 24.3 Å². The Morgan fingerprint density at radius 3 is 2.80 bits per heavy atom. The lowest BCUT2D eigenvalue weighted by atomic mass is 10.1. The number of nitrogen functional groups attached to an aromatic ring is 1. The molecule has 4 nitrogen and oxygen atoms in total. The molecule has 0 bridgehead atoms. The third kappa shape index (κ3) is 1.64. The van der Waals surface area contributed by atoms with Crippen LogP contribution in [-0.4, -0.2) is 14.9 Å². The van der Waals surface area contributed by atoms with E-state index in [1.165, 1.54) is 4.68 Å². The molecule has 0 aliphatic rings. The first-order chi connectivity index (χ1) is 7.09. The Labute approximate surface area is 91.9 Å². The van der Waals surface area contributed by atoms with E-state index >= 15 is 0 Å². The van der Waals surface area contributed by atoms with Crippen LogP contribution < -0.4 is 5.73 Å². The number of aromatic hydroxyl groups is 1. The van der Waals surface area contributed by atoms with Gasteiger partial charge in [-0.25, -0.2) is 0 Å². The summed E-state index contributed by atoms with van der Waals surface area (Å²) in [6, 6.07) is 6.79. The summed E-state index contributed by atoms with van der Waals surface area (Å²) in [7, 11) is 1.74. The van der Waals surface area contributed by atoms with Crippen molar-refractivity contribution in [1.29, 1.82) is 0 Å². The second-order valence-electron chi connectivity index (χ2n) is 3.21. The van der Waals surface area contributed by atoms with E-state index in [1.807, 2.05) is 0 Å². The van der Waals surface area contributed by atoms with E-state index in [1.54, 1.807) is 31.3 Å². The van der Waals surface area contributed by atoms with E-state index in [-0.39, 0.29) is 5.75 Å². The van der Waals surface area contributed by atoms with Crippen molar-refractivity contribution in [2.24, 2.45) is 7.05 Å². The number of halogens is 1. The van der Waals surface area contributed by atoms with Crippen LogP contribution in [0.25, 0.3) is 11.3 Å². The highest BCUT2D eigenvalue weighted by Gasteiger charge is 2.11. The zero-order valence-electron chi connectivity index (χ0n) is 8.11. The summed E-state index contributed by atoms with van der Waals surface area (Å²) in [5.41, 5.74) is 6.84. The standard InChI is InChI=1S/C10H10ClN3O/c1-14-9(12)5-8(13-14)6-3-2-4-7(11)10(6)15/h2-5,15H,12H2,1H3. The molecule has 15 heavy (non-hydrogen) atoms. The van der Waals surface area contributed by atoms with Crippen LogP contribution >= 0.6 is 11.6 Å². The van der Waals surface area contributed by atoms with Gasteiger partial charge < -0.3 is 10.8 Å².